The molecule has 60 valence electrons. The summed E-state index contributed by atoms with van der Waals surface area (Å²) in [6.45, 7) is 6.71. The van der Waals surface area contributed by atoms with E-state index in [1.165, 1.54) is 11.1 Å². The van der Waals surface area contributed by atoms with Gasteiger partial charge in [-0.2, -0.15) is 0 Å². The van der Waals surface area contributed by atoms with Crippen LogP contribution in [0.15, 0.2) is 35.5 Å². The summed E-state index contributed by atoms with van der Waals surface area (Å²) in [5.74, 6) is 0.682. The summed E-state index contributed by atoms with van der Waals surface area (Å²) in [5, 5.41) is 0. The Balaban J connectivity index is 2.80. The van der Waals surface area contributed by atoms with E-state index in [2.05, 4.69) is 45.1 Å². The second-order valence-corrected chi connectivity index (χ2v) is 3.35. The minimum absolute atomic E-state index is 0.682. The van der Waals surface area contributed by atoms with Crippen molar-refractivity contribution in [2.75, 3.05) is 0 Å². The van der Waals surface area contributed by atoms with Gasteiger partial charge in [-0.3, -0.25) is 0 Å². The van der Waals surface area contributed by atoms with Gasteiger partial charge in [0.1, 0.15) is 0 Å². The number of hydrogen-bond donors (Lipinski definition) is 0. The molecule has 0 heteroatoms. The van der Waals surface area contributed by atoms with E-state index in [0.29, 0.717) is 5.92 Å². The van der Waals surface area contributed by atoms with Gasteiger partial charge in [-0.25, -0.2) is 0 Å². The van der Waals surface area contributed by atoms with Crippen LogP contribution >= 0.6 is 0 Å². The monoisotopic (exact) mass is 148 g/mol. The third kappa shape index (κ3) is 2.07. The minimum atomic E-state index is 0.682. The lowest BCUT2D eigenvalue weighted by Crippen LogP contribution is -1.94. The van der Waals surface area contributed by atoms with Crippen molar-refractivity contribution in [1.82, 2.24) is 0 Å². The molecule has 0 nitrogen and oxygen atoms in total. The lowest BCUT2D eigenvalue weighted by Gasteiger charge is -2.11. The zero-order valence-corrected chi connectivity index (χ0v) is 7.59. The van der Waals surface area contributed by atoms with Crippen LogP contribution in [0.2, 0.25) is 0 Å². The molecule has 0 fully saturated rings. The molecular weight excluding hydrogens is 132 g/mol. The molecular formula is C11H16. The Morgan fingerprint density at radius 1 is 1.36 bits per heavy atom. The van der Waals surface area contributed by atoms with Crippen LogP contribution < -0.4 is 0 Å². The van der Waals surface area contributed by atoms with Gasteiger partial charge in [0.05, 0.1) is 0 Å². The molecule has 0 aromatic heterocycles. The summed E-state index contributed by atoms with van der Waals surface area (Å²) in [6, 6.07) is 0. The van der Waals surface area contributed by atoms with Crippen LogP contribution in [0, 0.1) is 5.92 Å². The number of hydrogen-bond acceptors (Lipinski definition) is 0. The topological polar surface area (TPSA) is 0 Å². The highest BCUT2D eigenvalue weighted by molar-refractivity contribution is 5.33. The first kappa shape index (κ1) is 8.32. The van der Waals surface area contributed by atoms with Crippen molar-refractivity contribution in [3.63, 3.8) is 0 Å². The normalized spacial score (nSPS) is 21.1. The summed E-state index contributed by atoms with van der Waals surface area (Å²) in [5.41, 5.74) is 3.01. The van der Waals surface area contributed by atoms with Crippen LogP contribution in [0.1, 0.15) is 27.2 Å². The fraction of sp³-hybridized carbons (Fsp3) is 0.455. The van der Waals surface area contributed by atoms with Crippen molar-refractivity contribution in [1.29, 1.82) is 0 Å². The van der Waals surface area contributed by atoms with Crippen molar-refractivity contribution in [2.24, 2.45) is 5.92 Å². The maximum atomic E-state index is 2.24. The molecule has 0 saturated carbocycles. The molecule has 0 unspecified atom stereocenters. The van der Waals surface area contributed by atoms with Gasteiger partial charge in [-0.1, -0.05) is 43.7 Å². The zero-order chi connectivity index (χ0) is 8.27. The molecule has 0 bridgehead atoms. The van der Waals surface area contributed by atoms with E-state index >= 15 is 0 Å². The molecule has 0 aliphatic heterocycles. The zero-order valence-electron chi connectivity index (χ0n) is 7.59. The molecule has 0 spiro atoms. The van der Waals surface area contributed by atoms with E-state index in [1.54, 1.807) is 0 Å². The van der Waals surface area contributed by atoms with Crippen molar-refractivity contribution in [2.45, 2.75) is 27.2 Å². The second kappa shape index (κ2) is 3.56. The second-order valence-electron chi connectivity index (χ2n) is 3.35. The van der Waals surface area contributed by atoms with Crippen molar-refractivity contribution < 1.29 is 0 Å². The van der Waals surface area contributed by atoms with E-state index < -0.39 is 0 Å². The first-order valence-electron chi connectivity index (χ1n) is 4.24. The predicted molar refractivity (Wildman–Crippen MR) is 50.4 cm³/mol. The molecule has 0 aromatic rings. The van der Waals surface area contributed by atoms with Crippen LogP contribution in [0.3, 0.4) is 0 Å². The Bertz CT molecular complexity index is 214. The van der Waals surface area contributed by atoms with Crippen molar-refractivity contribution in [3.8, 4) is 0 Å². The van der Waals surface area contributed by atoms with Crippen LogP contribution in [-0.2, 0) is 0 Å². The summed E-state index contributed by atoms with van der Waals surface area (Å²) >= 11 is 0. The lowest BCUT2D eigenvalue weighted by molar-refractivity contribution is 0.756. The highest BCUT2D eigenvalue weighted by atomic mass is 14.1. The first-order chi connectivity index (χ1) is 5.22. The fourth-order valence-corrected chi connectivity index (χ4v) is 1.18. The third-order valence-corrected chi connectivity index (χ3v) is 2.25. The predicted octanol–water partition coefficient (Wildman–Crippen LogP) is 3.48. The Hall–Kier alpha value is -0.780. The van der Waals surface area contributed by atoms with Crippen molar-refractivity contribution >= 4 is 0 Å². The fourth-order valence-electron chi connectivity index (χ4n) is 1.18. The third-order valence-electron chi connectivity index (χ3n) is 2.25. The molecule has 0 N–H and O–H groups in total. The molecule has 0 aromatic carbocycles. The molecule has 0 atom stereocenters. The van der Waals surface area contributed by atoms with Gasteiger partial charge < -0.3 is 0 Å². The Morgan fingerprint density at radius 2 is 2.09 bits per heavy atom. The molecule has 0 amide bonds. The average molecular weight is 148 g/mol. The lowest BCUT2D eigenvalue weighted by atomic mass is 9.95. The van der Waals surface area contributed by atoms with Gasteiger partial charge in [-0.05, 0) is 24.8 Å². The molecule has 0 radical (unpaired) electrons. The number of allylic oxidation sites excluding steroid dienone is 6. The summed E-state index contributed by atoms with van der Waals surface area (Å²) in [6.07, 6.45) is 9.76. The standard InChI is InChI=1S/C11H16/c1-9(2)10(3)11-7-5-4-6-8-11/h4-7,9H,8H2,1-3H3. The number of rotatable bonds is 1. The highest BCUT2D eigenvalue weighted by Gasteiger charge is 2.02. The van der Waals surface area contributed by atoms with E-state index in [-0.39, 0.29) is 0 Å². The molecule has 1 aliphatic rings. The van der Waals surface area contributed by atoms with Gasteiger partial charge in [-0.15, -0.1) is 0 Å². The van der Waals surface area contributed by atoms with Crippen LogP contribution in [0.25, 0.3) is 0 Å². The molecule has 11 heavy (non-hydrogen) atoms. The average Bonchev–Trinajstić information content (AvgIpc) is 2.05. The summed E-state index contributed by atoms with van der Waals surface area (Å²) in [4.78, 5) is 0. The Morgan fingerprint density at radius 3 is 2.55 bits per heavy atom. The Labute approximate surface area is 69.3 Å². The van der Waals surface area contributed by atoms with E-state index in [9.17, 15) is 0 Å². The van der Waals surface area contributed by atoms with Gasteiger partial charge in [0.2, 0.25) is 0 Å². The Kier molecular flexibility index (Phi) is 2.70. The van der Waals surface area contributed by atoms with E-state index in [0.717, 1.165) is 6.42 Å². The van der Waals surface area contributed by atoms with Crippen LogP contribution in [0.4, 0.5) is 0 Å². The maximum Gasteiger partial charge on any atom is -0.00948 e. The van der Waals surface area contributed by atoms with E-state index in [4.69, 9.17) is 0 Å². The maximum absolute atomic E-state index is 2.24. The largest absolute Gasteiger partial charge is 0.0801 e. The highest BCUT2D eigenvalue weighted by Crippen LogP contribution is 2.20. The van der Waals surface area contributed by atoms with Crippen LogP contribution in [-0.4, -0.2) is 0 Å². The first-order valence-corrected chi connectivity index (χ1v) is 4.24. The smallest absolute Gasteiger partial charge is 0.00948 e. The van der Waals surface area contributed by atoms with E-state index in [1.807, 2.05) is 0 Å². The molecule has 0 saturated heterocycles. The van der Waals surface area contributed by atoms with Gasteiger partial charge in [0.15, 0.2) is 0 Å². The molecule has 1 rings (SSSR count). The molecule has 0 heterocycles. The van der Waals surface area contributed by atoms with Crippen molar-refractivity contribution in [3.05, 3.63) is 35.5 Å². The summed E-state index contributed by atoms with van der Waals surface area (Å²) in [7, 11) is 0. The summed E-state index contributed by atoms with van der Waals surface area (Å²) < 4.78 is 0. The van der Waals surface area contributed by atoms with Gasteiger partial charge >= 0.3 is 0 Å². The minimum Gasteiger partial charge on any atom is -0.0801 e. The van der Waals surface area contributed by atoms with Gasteiger partial charge in [0, 0.05) is 0 Å². The van der Waals surface area contributed by atoms with Gasteiger partial charge in [0.25, 0.3) is 0 Å². The SMILES string of the molecule is CC(=C1C=CC=CC1)C(C)C. The quantitative estimate of drug-likeness (QED) is 0.534. The molecule has 1 aliphatic carbocycles. The van der Waals surface area contributed by atoms with Crippen LogP contribution in [0.5, 0.6) is 0 Å².